The molecule has 2 fully saturated rings. The molecule has 1 aromatic carbocycles. The normalized spacial score (nSPS) is 24.6. The highest BCUT2D eigenvalue weighted by Crippen LogP contribution is 2.39. The van der Waals surface area contributed by atoms with Crippen LogP contribution in [0, 0.1) is 0 Å². The van der Waals surface area contributed by atoms with Crippen LogP contribution < -0.4 is 4.90 Å². The Balaban J connectivity index is 1.36. The van der Waals surface area contributed by atoms with Crippen LogP contribution in [-0.2, 0) is 19.4 Å². The van der Waals surface area contributed by atoms with Gasteiger partial charge in [-0.15, -0.1) is 0 Å². The summed E-state index contributed by atoms with van der Waals surface area (Å²) in [5.74, 6) is 2.06. The first kappa shape index (κ1) is 16.5. The van der Waals surface area contributed by atoms with Crippen LogP contribution in [0.3, 0.4) is 0 Å². The largest absolute Gasteiger partial charge is 0.349 e. The highest BCUT2D eigenvalue weighted by molar-refractivity contribution is 5.58. The SMILES string of the molecule is c1ccc(CN2CCC3CCC(C2)N3c2c3c(nc4ncnn24)CCC3)cc1. The molecule has 2 aromatic heterocycles. The molecule has 0 saturated carbocycles. The van der Waals surface area contributed by atoms with Gasteiger partial charge < -0.3 is 4.90 Å². The van der Waals surface area contributed by atoms with Crippen molar-refractivity contribution in [1.29, 1.82) is 0 Å². The molecule has 0 spiro atoms. The number of rotatable bonds is 3. The minimum Gasteiger partial charge on any atom is -0.349 e. The maximum Gasteiger partial charge on any atom is 0.254 e. The van der Waals surface area contributed by atoms with Crippen LogP contribution >= 0.6 is 0 Å². The number of hydrogen-bond donors (Lipinski definition) is 0. The lowest BCUT2D eigenvalue weighted by Gasteiger charge is -2.32. The van der Waals surface area contributed by atoms with Gasteiger partial charge in [0.2, 0.25) is 0 Å². The Morgan fingerprint density at radius 2 is 1.89 bits per heavy atom. The molecular formula is C22H26N6. The van der Waals surface area contributed by atoms with Crippen LogP contribution in [-0.4, -0.2) is 49.7 Å². The Kier molecular flexibility index (Phi) is 3.86. The number of aromatic nitrogens is 4. The molecule has 2 bridgehead atoms. The number of likely N-dealkylation sites (tertiary alicyclic amines) is 1. The first-order valence-corrected chi connectivity index (χ1v) is 10.6. The second-order valence-corrected chi connectivity index (χ2v) is 8.49. The van der Waals surface area contributed by atoms with Crippen LogP contribution in [0.15, 0.2) is 36.7 Å². The van der Waals surface area contributed by atoms with Crippen LogP contribution in [0.4, 0.5) is 5.82 Å². The van der Waals surface area contributed by atoms with Crippen molar-refractivity contribution in [3.8, 4) is 0 Å². The van der Waals surface area contributed by atoms with Crippen LogP contribution in [0.25, 0.3) is 5.78 Å². The number of nitrogens with zero attached hydrogens (tertiary/aromatic N) is 6. The zero-order valence-electron chi connectivity index (χ0n) is 16.2. The van der Waals surface area contributed by atoms with E-state index in [9.17, 15) is 0 Å². The second kappa shape index (κ2) is 6.55. The van der Waals surface area contributed by atoms with E-state index >= 15 is 0 Å². The van der Waals surface area contributed by atoms with E-state index < -0.39 is 0 Å². The zero-order valence-corrected chi connectivity index (χ0v) is 16.2. The number of benzene rings is 1. The van der Waals surface area contributed by atoms with Gasteiger partial charge in [-0.2, -0.15) is 14.6 Å². The van der Waals surface area contributed by atoms with Gasteiger partial charge in [0.1, 0.15) is 12.1 Å². The highest BCUT2D eigenvalue weighted by Gasteiger charge is 2.40. The fraction of sp³-hybridized carbons (Fsp3) is 0.500. The lowest BCUT2D eigenvalue weighted by atomic mass is 10.1. The number of hydrogen-bond acceptors (Lipinski definition) is 5. The van der Waals surface area contributed by atoms with Gasteiger partial charge in [0.15, 0.2) is 0 Å². The van der Waals surface area contributed by atoms with E-state index in [0.717, 1.165) is 31.7 Å². The quantitative estimate of drug-likeness (QED) is 0.706. The lowest BCUT2D eigenvalue weighted by Crippen LogP contribution is -2.41. The molecule has 1 aliphatic carbocycles. The summed E-state index contributed by atoms with van der Waals surface area (Å²) >= 11 is 0. The predicted molar refractivity (Wildman–Crippen MR) is 108 cm³/mol. The Morgan fingerprint density at radius 1 is 1.00 bits per heavy atom. The van der Waals surface area contributed by atoms with E-state index in [4.69, 9.17) is 4.98 Å². The Morgan fingerprint density at radius 3 is 2.82 bits per heavy atom. The molecule has 0 amide bonds. The standard InChI is InChI=1S/C22H26N6/c1-2-5-16(6-3-1)13-26-12-11-17-9-10-18(14-26)27(17)21-19-7-4-8-20(19)25-22-23-15-24-28(21)22/h1-3,5-6,15,17-18H,4,7-14H2. The summed E-state index contributed by atoms with van der Waals surface area (Å²) in [4.78, 5) is 14.6. The van der Waals surface area contributed by atoms with Crippen molar-refractivity contribution < 1.29 is 0 Å². The molecule has 6 heteroatoms. The van der Waals surface area contributed by atoms with Crippen LogP contribution in [0.5, 0.6) is 0 Å². The molecule has 0 N–H and O–H groups in total. The third-order valence-electron chi connectivity index (χ3n) is 6.78. The summed E-state index contributed by atoms with van der Waals surface area (Å²) in [5, 5.41) is 4.57. The van der Waals surface area contributed by atoms with Crippen molar-refractivity contribution >= 4 is 11.6 Å². The van der Waals surface area contributed by atoms with Crippen LogP contribution in [0.1, 0.15) is 42.5 Å². The highest BCUT2D eigenvalue weighted by atomic mass is 15.4. The van der Waals surface area contributed by atoms with E-state index in [2.05, 4.69) is 50.2 Å². The minimum atomic E-state index is 0.552. The third kappa shape index (κ3) is 2.62. The number of anilines is 1. The first-order chi connectivity index (χ1) is 13.9. The first-order valence-electron chi connectivity index (χ1n) is 10.6. The van der Waals surface area contributed by atoms with Crippen molar-refractivity contribution in [1.82, 2.24) is 24.5 Å². The maximum atomic E-state index is 4.79. The molecular weight excluding hydrogens is 348 g/mol. The van der Waals surface area contributed by atoms with Gasteiger partial charge in [0.25, 0.3) is 5.78 Å². The third-order valence-corrected chi connectivity index (χ3v) is 6.78. The molecule has 6 nitrogen and oxygen atoms in total. The minimum absolute atomic E-state index is 0.552. The van der Waals surface area contributed by atoms with Crippen molar-refractivity contribution in [3.05, 3.63) is 53.5 Å². The van der Waals surface area contributed by atoms with E-state index in [1.54, 1.807) is 6.33 Å². The van der Waals surface area contributed by atoms with Crippen molar-refractivity contribution in [2.24, 2.45) is 0 Å². The molecule has 2 unspecified atom stereocenters. The molecule has 28 heavy (non-hydrogen) atoms. The van der Waals surface area contributed by atoms with Gasteiger partial charge >= 0.3 is 0 Å². The van der Waals surface area contributed by atoms with Gasteiger partial charge in [-0.05, 0) is 44.1 Å². The zero-order chi connectivity index (χ0) is 18.5. The molecule has 2 saturated heterocycles. The lowest BCUT2D eigenvalue weighted by molar-refractivity contribution is 0.252. The summed E-state index contributed by atoms with van der Waals surface area (Å²) < 4.78 is 2.02. The van der Waals surface area contributed by atoms with Crippen molar-refractivity contribution in [2.75, 3.05) is 18.0 Å². The van der Waals surface area contributed by atoms with Gasteiger partial charge in [-0.1, -0.05) is 30.3 Å². The average Bonchev–Trinajstić information content (AvgIpc) is 3.41. The van der Waals surface area contributed by atoms with E-state index in [1.165, 1.54) is 54.9 Å². The summed E-state index contributed by atoms with van der Waals surface area (Å²) in [7, 11) is 0. The van der Waals surface area contributed by atoms with Crippen molar-refractivity contribution in [3.63, 3.8) is 0 Å². The molecule has 3 aromatic rings. The number of aryl methyl sites for hydroxylation is 1. The Hall–Kier alpha value is -2.47. The average molecular weight is 374 g/mol. The summed E-state index contributed by atoms with van der Waals surface area (Å²) in [6.45, 7) is 3.34. The predicted octanol–water partition coefficient (Wildman–Crippen LogP) is 2.86. The molecule has 2 aliphatic heterocycles. The van der Waals surface area contributed by atoms with E-state index in [0.29, 0.717) is 12.1 Å². The van der Waals surface area contributed by atoms with Gasteiger partial charge in [-0.3, -0.25) is 4.90 Å². The monoisotopic (exact) mass is 374 g/mol. The summed E-state index contributed by atoms with van der Waals surface area (Å²) in [6, 6.07) is 12.0. The topological polar surface area (TPSA) is 49.6 Å². The van der Waals surface area contributed by atoms with Crippen LogP contribution in [0.2, 0.25) is 0 Å². The van der Waals surface area contributed by atoms with Gasteiger partial charge in [0.05, 0.1) is 5.69 Å². The Labute approximate surface area is 165 Å². The summed E-state index contributed by atoms with van der Waals surface area (Å²) in [5.41, 5.74) is 4.09. The smallest absolute Gasteiger partial charge is 0.254 e. The molecule has 2 atom stereocenters. The maximum absolute atomic E-state index is 4.79. The number of fused-ring (bicyclic) bond motifs is 4. The van der Waals surface area contributed by atoms with E-state index in [-0.39, 0.29) is 0 Å². The van der Waals surface area contributed by atoms with Gasteiger partial charge in [-0.25, -0.2) is 4.98 Å². The van der Waals surface area contributed by atoms with Crippen molar-refractivity contribution in [2.45, 2.75) is 57.2 Å². The van der Waals surface area contributed by atoms with Gasteiger partial charge in [0, 0.05) is 37.3 Å². The molecule has 6 rings (SSSR count). The fourth-order valence-electron chi connectivity index (χ4n) is 5.54. The molecule has 0 radical (unpaired) electrons. The molecule has 4 heterocycles. The fourth-order valence-corrected chi connectivity index (χ4v) is 5.54. The van der Waals surface area contributed by atoms with E-state index in [1.807, 2.05) is 4.52 Å². The summed E-state index contributed by atoms with van der Waals surface area (Å²) in [6.07, 6.45) is 8.83. The molecule has 144 valence electrons. The Bertz CT molecular complexity index is 997. The second-order valence-electron chi connectivity index (χ2n) is 8.49. The molecule has 3 aliphatic rings.